The third-order valence-corrected chi connectivity index (χ3v) is 4.63. The Labute approximate surface area is 120 Å². The molecule has 20 heavy (non-hydrogen) atoms. The number of hydrogen-bond donors (Lipinski definition) is 1. The van der Waals surface area contributed by atoms with Gasteiger partial charge in [0.1, 0.15) is 0 Å². The van der Waals surface area contributed by atoms with Crippen LogP contribution < -0.4 is 5.32 Å². The highest BCUT2D eigenvalue weighted by Gasteiger charge is 2.40. The Morgan fingerprint density at radius 1 is 1.35 bits per heavy atom. The van der Waals surface area contributed by atoms with Gasteiger partial charge in [0.15, 0.2) is 0 Å². The van der Waals surface area contributed by atoms with Gasteiger partial charge in [0, 0.05) is 13.1 Å². The molecule has 1 aliphatic heterocycles. The van der Waals surface area contributed by atoms with E-state index >= 15 is 0 Å². The number of ether oxygens (including phenoxy) is 1. The standard InChI is InChI=1S/C17H22N2O/c1-13-3-2-8-17(9-13)12-19-11-16(20-17)15-6-4-14(10-18)5-7-15/h4-7,13,16,19H,2-3,8-9,11-12H2,1H3. The summed E-state index contributed by atoms with van der Waals surface area (Å²) >= 11 is 0. The normalized spacial score (nSPS) is 33.8. The topological polar surface area (TPSA) is 45.0 Å². The maximum atomic E-state index is 8.87. The van der Waals surface area contributed by atoms with Crippen molar-refractivity contribution in [2.24, 2.45) is 5.92 Å². The maximum Gasteiger partial charge on any atom is 0.0991 e. The number of nitrogens with zero attached hydrogens (tertiary/aromatic N) is 1. The third kappa shape index (κ3) is 2.72. The number of nitriles is 1. The summed E-state index contributed by atoms with van der Waals surface area (Å²) in [5.41, 5.74) is 1.90. The Morgan fingerprint density at radius 3 is 2.85 bits per heavy atom. The van der Waals surface area contributed by atoms with Crippen molar-refractivity contribution in [3.05, 3.63) is 35.4 Å². The molecule has 1 N–H and O–H groups in total. The molecule has 1 aromatic carbocycles. The second-order valence-corrected chi connectivity index (χ2v) is 6.36. The number of benzene rings is 1. The first-order valence-corrected chi connectivity index (χ1v) is 7.59. The van der Waals surface area contributed by atoms with E-state index in [1.54, 1.807) is 0 Å². The Hall–Kier alpha value is -1.37. The minimum atomic E-state index is 0.0223. The summed E-state index contributed by atoms with van der Waals surface area (Å²) in [5.74, 6) is 0.755. The molecule has 2 aliphatic rings. The maximum absolute atomic E-state index is 8.87. The lowest BCUT2D eigenvalue weighted by molar-refractivity contribution is -0.143. The summed E-state index contributed by atoms with van der Waals surface area (Å²) in [6.07, 6.45) is 5.03. The summed E-state index contributed by atoms with van der Waals surface area (Å²) in [6.45, 7) is 4.17. The van der Waals surface area contributed by atoms with E-state index < -0.39 is 0 Å². The molecule has 0 bridgehead atoms. The van der Waals surface area contributed by atoms with Crippen molar-refractivity contribution in [3.63, 3.8) is 0 Å². The quantitative estimate of drug-likeness (QED) is 0.852. The molecule has 2 fully saturated rings. The van der Waals surface area contributed by atoms with E-state index in [1.165, 1.54) is 18.4 Å². The molecular formula is C17H22N2O. The first-order chi connectivity index (χ1) is 9.71. The second-order valence-electron chi connectivity index (χ2n) is 6.36. The van der Waals surface area contributed by atoms with E-state index in [2.05, 4.69) is 18.3 Å². The Balaban J connectivity index is 1.75. The van der Waals surface area contributed by atoms with E-state index in [0.717, 1.165) is 31.8 Å². The first-order valence-electron chi connectivity index (χ1n) is 7.59. The van der Waals surface area contributed by atoms with Crippen molar-refractivity contribution in [3.8, 4) is 6.07 Å². The minimum absolute atomic E-state index is 0.0223. The molecule has 1 saturated heterocycles. The van der Waals surface area contributed by atoms with Crippen LogP contribution in [0.4, 0.5) is 0 Å². The van der Waals surface area contributed by atoms with E-state index in [1.807, 2.05) is 24.3 Å². The van der Waals surface area contributed by atoms with Crippen LogP contribution in [-0.4, -0.2) is 18.7 Å². The fourth-order valence-corrected chi connectivity index (χ4v) is 3.65. The fourth-order valence-electron chi connectivity index (χ4n) is 3.65. The molecule has 3 unspecified atom stereocenters. The largest absolute Gasteiger partial charge is 0.364 e. The van der Waals surface area contributed by atoms with Gasteiger partial charge in [-0.15, -0.1) is 0 Å². The van der Waals surface area contributed by atoms with Crippen LogP contribution >= 0.6 is 0 Å². The number of nitrogens with one attached hydrogen (secondary N) is 1. The average Bonchev–Trinajstić information content (AvgIpc) is 2.47. The predicted molar refractivity (Wildman–Crippen MR) is 78.2 cm³/mol. The molecule has 0 aromatic heterocycles. The lowest BCUT2D eigenvalue weighted by Crippen LogP contribution is -2.52. The SMILES string of the molecule is CC1CCCC2(CNCC(c3ccc(C#N)cc3)O2)C1. The average molecular weight is 270 g/mol. The molecule has 1 aliphatic carbocycles. The van der Waals surface area contributed by atoms with Crippen LogP contribution in [0.15, 0.2) is 24.3 Å². The predicted octanol–water partition coefficient (Wildman–Crippen LogP) is 3.17. The van der Waals surface area contributed by atoms with Gasteiger partial charge in [-0.05, 0) is 36.5 Å². The monoisotopic (exact) mass is 270 g/mol. The molecule has 0 radical (unpaired) electrons. The van der Waals surface area contributed by atoms with E-state index in [4.69, 9.17) is 10.00 Å². The van der Waals surface area contributed by atoms with Crippen LogP contribution in [0.3, 0.4) is 0 Å². The van der Waals surface area contributed by atoms with Gasteiger partial charge in [-0.3, -0.25) is 0 Å². The van der Waals surface area contributed by atoms with Gasteiger partial charge >= 0.3 is 0 Å². The van der Waals surface area contributed by atoms with Crippen LogP contribution in [0.2, 0.25) is 0 Å². The van der Waals surface area contributed by atoms with Gasteiger partial charge in [-0.1, -0.05) is 31.9 Å². The van der Waals surface area contributed by atoms with Crippen molar-refractivity contribution in [2.45, 2.75) is 44.3 Å². The molecule has 1 saturated carbocycles. The summed E-state index contributed by atoms with van der Waals surface area (Å²) in [4.78, 5) is 0. The second kappa shape index (κ2) is 5.55. The zero-order chi connectivity index (χ0) is 14.0. The molecule has 0 amide bonds. The van der Waals surface area contributed by atoms with Crippen LogP contribution in [0.1, 0.15) is 49.8 Å². The Bertz CT molecular complexity index is 501. The number of morpholine rings is 1. The van der Waals surface area contributed by atoms with E-state index in [9.17, 15) is 0 Å². The molecule has 1 aromatic rings. The van der Waals surface area contributed by atoms with Gasteiger partial charge < -0.3 is 10.1 Å². The molecule has 1 spiro atoms. The summed E-state index contributed by atoms with van der Waals surface area (Å²) in [6, 6.07) is 9.97. The zero-order valence-corrected chi connectivity index (χ0v) is 12.1. The van der Waals surface area contributed by atoms with Crippen LogP contribution in [-0.2, 0) is 4.74 Å². The third-order valence-electron chi connectivity index (χ3n) is 4.63. The first kappa shape index (κ1) is 13.6. The number of hydrogen-bond acceptors (Lipinski definition) is 3. The van der Waals surface area contributed by atoms with Crippen LogP contribution in [0.5, 0.6) is 0 Å². The van der Waals surface area contributed by atoms with Gasteiger partial charge in [0.25, 0.3) is 0 Å². The van der Waals surface area contributed by atoms with Gasteiger partial charge in [0.05, 0.1) is 23.3 Å². The smallest absolute Gasteiger partial charge is 0.0991 e. The van der Waals surface area contributed by atoms with Crippen molar-refractivity contribution in [1.29, 1.82) is 5.26 Å². The Morgan fingerprint density at radius 2 is 2.15 bits per heavy atom. The van der Waals surface area contributed by atoms with Crippen molar-refractivity contribution in [2.75, 3.05) is 13.1 Å². The lowest BCUT2D eigenvalue weighted by atomic mass is 9.77. The minimum Gasteiger partial charge on any atom is -0.364 e. The van der Waals surface area contributed by atoms with Crippen LogP contribution in [0.25, 0.3) is 0 Å². The van der Waals surface area contributed by atoms with Crippen LogP contribution in [0, 0.1) is 17.2 Å². The van der Waals surface area contributed by atoms with Crippen molar-refractivity contribution >= 4 is 0 Å². The summed E-state index contributed by atoms with van der Waals surface area (Å²) < 4.78 is 6.50. The fraction of sp³-hybridized carbons (Fsp3) is 0.588. The van der Waals surface area contributed by atoms with Gasteiger partial charge in [-0.2, -0.15) is 5.26 Å². The Kier molecular flexibility index (Phi) is 3.78. The summed E-state index contributed by atoms with van der Waals surface area (Å²) in [5, 5.41) is 12.4. The number of rotatable bonds is 1. The van der Waals surface area contributed by atoms with Gasteiger partial charge in [0.2, 0.25) is 0 Å². The van der Waals surface area contributed by atoms with Crippen molar-refractivity contribution < 1.29 is 4.74 Å². The highest BCUT2D eigenvalue weighted by atomic mass is 16.5. The molecular weight excluding hydrogens is 248 g/mol. The molecule has 3 atom stereocenters. The lowest BCUT2D eigenvalue weighted by Gasteiger charge is -2.46. The van der Waals surface area contributed by atoms with Crippen molar-refractivity contribution in [1.82, 2.24) is 5.32 Å². The molecule has 106 valence electrons. The molecule has 3 heteroatoms. The van der Waals surface area contributed by atoms with E-state index in [-0.39, 0.29) is 11.7 Å². The molecule has 3 rings (SSSR count). The highest BCUT2D eigenvalue weighted by Crippen LogP contribution is 2.40. The van der Waals surface area contributed by atoms with Gasteiger partial charge in [-0.25, -0.2) is 0 Å². The molecule has 1 heterocycles. The molecule has 3 nitrogen and oxygen atoms in total. The zero-order valence-electron chi connectivity index (χ0n) is 12.1. The summed E-state index contributed by atoms with van der Waals surface area (Å²) in [7, 11) is 0. The highest BCUT2D eigenvalue weighted by molar-refractivity contribution is 5.32. The van der Waals surface area contributed by atoms with E-state index in [0.29, 0.717) is 5.56 Å².